The van der Waals surface area contributed by atoms with E-state index in [1.165, 1.54) is 18.4 Å². The lowest BCUT2D eigenvalue weighted by molar-refractivity contribution is -0.118. The third kappa shape index (κ3) is 2.97. The predicted molar refractivity (Wildman–Crippen MR) is 71.0 cm³/mol. The van der Waals surface area contributed by atoms with E-state index in [0.717, 1.165) is 12.0 Å². The molecule has 5 heteroatoms. The van der Waals surface area contributed by atoms with Gasteiger partial charge in [-0.2, -0.15) is 0 Å². The van der Waals surface area contributed by atoms with Crippen LogP contribution in [0.2, 0.25) is 0 Å². The Bertz CT molecular complexity index is 518. The van der Waals surface area contributed by atoms with Gasteiger partial charge in [-0.15, -0.1) is 0 Å². The molecule has 4 nitrogen and oxygen atoms in total. The Hall–Kier alpha value is -1.20. The minimum absolute atomic E-state index is 0.0979. The van der Waals surface area contributed by atoms with Crippen molar-refractivity contribution in [3.05, 3.63) is 29.8 Å². The van der Waals surface area contributed by atoms with Crippen molar-refractivity contribution in [3.8, 4) is 0 Å². The zero-order chi connectivity index (χ0) is 13.9. The van der Waals surface area contributed by atoms with E-state index in [1.807, 2.05) is 6.92 Å². The van der Waals surface area contributed by atoms with Crippen molar-refractivity contribution in [1.29, 1.82) is 0 Å². The molecule has 0 bridgehead atoms. The van der Waals surface area contributed by atoms with E-state index >= 15 is 0 Å². The molecule has 0 amide bonds. The molecule has 0 saturated heterocycles. The van der Waals surface area contributed by atoms with Crippen molar-refractivity contribution < 1.29 is 13.2 Å². The van der Waals surface area contributed by atoms with Gasteiger partial charge in [-0.3, -0.25) is 4.79 Å². The van der Waals surface area contributed by atoms with Crippen LogP contribution in [0.4, 0.5) is 0 Å². The summed E-state index contributed by atoms with van der Waals surface area (Å²) in [5.74, 6) is -0.0539. The highest BCUT2D eigenvalue weighted by Crippen LogP contribution is 2.22. The number of ketones is 1. The number of carbonyl (C=O) groups is 1. The lowest BCUT2D eigenvalue weighted by Gasteiger charge is -2.14. The Morgan fingerprint density at radius 3 is 2.06 bits per heavy atom. The minimum atomic E-state index is -3.40. The van der Waals surface area contributed by atoms with E-state index < -0.39 is 10.0 Å². The fourth-order valence-corrected chi connectivity index (χ4v) is 2.74. The fraction of sp³-hybridized carbons (Fsp3) is 0.462. The van der Waals surface area contributed by atoms with Crippen LogP contribution in [0.5, 0.6) is 0 Å². The van der Waals surface area contributed by atoms with Crippen LogP contribution in [-0.2, 0) is 14.8 Å². The van der Waals surface area contributed by atoms with Gasteiger partial charge in [0.25, 0.3) is 0 Å². The molecule has 100 valence electrons. The van der Waals surface area contributed by atoms with Gasteiger partial charge in [-0.05, 0) is 31.0 Å². The van der Waals surface area contributed by atoms with Crippen LogP contribution in [0.15, 0.2) is 29.2 Å². The molecule has 18 heavy (non-hydrogen) atoms. The van der Waals surface area contributed by atoms with Crippen LogP contribution in [0.1, 0.15) is 31.7 Å². The summed E-state index contributed by atoms with van der Waals surface area (Å²) >= 11 is 0. The van der Waals surface area contributed by atoms with Crippen molar-refractivity contribution in [1.82, 2.24) is 4.31 Å². The monoisotopic (exact) mass is 269 g/mol. The molecule has 0 aliphatic carbocycles. The van der Waals surface area contributed by atoms with Crippen LogP contribution in [0.25, 0.3) is 0 Å². The second-order valence-corrected chi connectivity index (χ2v) is 6.58. The van der Waals surface area contributed by atoms with Crippen molar-refractivity contribution in [2.24, 2.45) is 0 Å². The summed E-state index contributed by atoms with van der Waals surface area (Å²) in [5, 5.41) is 0. The first kappa shape index (κ1) is 14.9. The molecule has 0 aliphatic rings. The summed E-state index contributed by atoms with van der Waals surface area (Å²) in [5.41, 5.74) is 0.864. The largest absolute Gasteiger partial charge is 0.299 e. The highest BCUT2D eigenvalue weighted by atomic mass is 32.2. The Morgan fingerprint density at radius 1 is 1.22 bits per heavy atom. The standard InChI is InChI=1S/C13H19NO3S/c1-5-13(10(2)15)11-6-8-12(9-7-11)18(16,17)14(3)4/h6-9,13H,5H2,1-4H3. The zero-order valence-corrected chi connectivity index (χ0v) is 12.0. The van der Waals surface area contributed by atoms with Crippen molar-refractivity contribution in [3.63, 3.8) is 0 Å². The van der Waals surface area contributed by atoms with Crippen molar-refractivity contribution in [2.75, 3.05) is 14.1 Å². The molecule has 0 aliphatic heterocycles. The Morgan fingerprint density at radius 2 is 1.72 bits per heavy atom. The highest BCUT2D eigenvalue weighted by Gasteiger charge is 2.19. The maximum atomic E-state index is 11.9. The topological polar surface area (TPSA) is 54.5 Å². The average Bonchev–Trinajstić information content (AvgIpc) is 2.30. The quantitative estimate of drug-likeness (QED) is 0.821. The predicted octanol–water partition coefficient (Wildman–Crippen LogP) is 2.02. The second kappa shape index (κ2) is 5.63. The maximum Gasteiger partial charge on any atom is 0.242 e. The first-order valence-corrected chi connectivity index (χ1v) is 7.27. The van der Waals surface area contributed by atoms with Gasteiger partial charge < -0.3 is 0 Å². The molecule has 1 atom stereocenters. The van der Waals surface area contributed by atoms with E-state index in [2.05, 4.69) is 0 Å². The molecular formula is C13H19NO3S. The Kier molecular flexibility index (Phi) is 4.65. The minimum Gasteiger partial charge on any atom is -0.299 e. The second-order valence-electron chi connectivity index (χ2n) is 4.43. The van der Waals surface area contributed by atoms with E-state index in [1.54, 1.807) is 31.2 Å². The van der Waals surface area contributed by atoms with Crippen LogP contribution in [0.3, 0.4) is 0 Å². The average molecular weight is 269 g/mol. The molecule has 1 aromatic rings. The lowest BCUT2D eigenvalue weighted by Crippen LogP contribution is -2.22. The van der Waals surface area contributed by atoms with Gasteiger partial charge in [0, 0.05) is 20.0 Å². The fourth-order valence-electron chi connectivity index (χ4n) is 1.84. The van der Waals surface area contributed by atoms with E-state index in [0.29, 0.717) is 0 Å². The number of benzene rings is 1. The first-order valence-electron chi connectivity index (χ1n) is 5.83. The van der Waals surface area contributed by atoms with Gasteiger partial charge >= 0.3 is 0 Å². The smallest absolute Gasteiger partial charge is 0.242 e. The third-order valence-corrected chi connectivity index (χ3v) is 4.79. The molecule has 1 unspecified atom stereocenters. The maximum absolute atomic E-state index is 11.9. The summed E-state index contributed by atoms with van der Waals surface area (Å²) in [6, 6.07) is 6.53. The third-order valence-electron chi connectivity index (χ3n) is 2.96. The molecule has 0 spiro atoms. The molecule has 1 aromatic carbocycles. The number of hydrogen-bond donors (Lipinski definition) is 0. The SMILES string of the molecule is CCC(C(C)=O)c1ccc(S(=O)(=O)N(C)C)cc1. The number of carbonyl (C=O) groups excluding carboxylic acids is 1. The molecule has 0 radical (unpaired) electrons. The Balaban J connectivity index is 3.11. The molecule has 0 fully saturated rings. The van der Waals surface area contributed by atoms with Gasteiger partial charge in [-0.1, -0.05) is 19.1 Å². The number of hydrogen-bond acceptors (Lipinski definition) is 3. The summed E-state index contributed by atoms with van der Waals surface area (Å²) in [6.45, 7) is 3.50. The molecule has 0 N–H and O–H groups in total. The zero-order valence-electron chi connectivity index (χ0n) is 11.2. The van der Waals surface area contributed by atoms with Gasteiger partial charge in [0.05, 0.1) is 4.90 Å². The molecular weight excluding hydrogens is 250 g/mol. The van der Waals surface area contributed by atoms with Crippen LogP contribution in [-0.4, -0.2) is 32.6 Å². The molecule has 0 saturated carbocycles. The Labute approximate surface area is 109 Å². The first-order chi connectivity index (χ1) is 8.30. The van der Waals surface area contributed by atoms with Gasteiger partial charge in [0.1, 0.15) is 5.78 Å². The van der Waals surface area contributed by atoms with Gasteiger partial charge in [0.2, 0.25) is 10.0 Å². The van der Waals surface area contributed by atoms with Crippen molar-refractivity contribution >= 4 is 15.8 Å². The van der Waals surface area contributed by atoms with Gasteiger partial charge in [-0.25, -0.2) is 12.7 Å². The summed E-state index contributed by atoms with van der Waals surface area (Å²) < 4.78 is 24.9. The summed E-state index contributed by atoms with van der Waals surface area (Å²) in [6.07, 6.45) is 0.717. The van der Waals surface area contributed by atoms with Gasteiger partial charge in [0.15, 0.2) is 0 Å². The normalized spacial score (nSPS) is 13.6. The van der Waals surface area contributed by atoms with E-state index in [9.17, 15) is 13.2 Å². The van der Waals surface area contributed by atoms with Crippen LogP contribution >= 0.6 is 0 Å². The molecule has 0 aromatic heterocycles. The molecule has 1 rings (SSSR count). The van der Waals surface area contributed by atoms with Crippen molar-refractivity contribution in [2.45, 2.75) is 31.1 Å². The number of sulfonamides is 1. The van der Waals surface area contributed by atoms with E-state index in [-0.39, 0.29) is 16.6 Å². The van der Waals surface area contributed by atoms with E-state index in [4.69, 9.17) is 0 Å². The number of Topliss-reactive ketones (excluding diaryl/α,β-unsaturated/α-hetero) is 1. The highest BCUT2D eigenvalue weighted by molar-refractivity contribution is 7.89. The number of rotatable bonds is 5. The lowest BCUT2D eigenvalue weighted by atomic mass is 9.93. The van der Waals surface area contributed by atoms with Crippen LogP contribution < -0.4 is 0 Å². The molecule has 0 heterocycles. The number of nitrogens with zero attached hydrogens (tertiary/aromatic N) is 1. The van der Waals surface area contributed by atoms with Crippen LogP contribution in [0, 0.1) is 0 Å². The summed E-state index contributed by atoms with van der Waals surface area (Å²) in [7, 11) is -0.411. The summed E-state index contributed by atoms with van der Waals surface area (Å²) in [4.78, 5) is 11.7.